The van der Waals surface area contributed by atoms with Crippen LogP contribution in [0.2, 0.25) is 0 Å². The van der Waals surface area contributed by atoms with Crippen LogP contribution in [0, 0.1) is 5.92 Å². The molecule has 3 heterocycles. The van der Waals surface area contributed by atoms with E-state index in [-0.39, 0.29) is 12.5 Å². The average molecular weight is 323 g/mol. The van der Waals surface area contributed by atoms with E-state index in [2.05, 4.69) is 10.3 Å². The Morgan fingerprint density at radius 2 is 2.33 bits per heavy atom. The third kappa shape index (κ3) is 2.52. The Hall–Kier alpha value is -1.93. The molecule has 0 saturated heterocycles. The molecule has 0 fully saturated rings. The molecule has 0 spiro atoms. The number of thiophene rings is 1. The number of carbonyl (C=O) groups is 2. The van der Waals surface area contributed by atoms with Crippen LogP contribution in [0.4, 0.5) is 0 Å². The lowest BCUT2D eigenvalue weighted by molar-refractivity contribution is -0.141. The topological polar surface area (TPSA) is 83.7 Å². The molecule has 1 atom stereocenters. The maximum Gasteiger partial charge on any atom is 0.308 e. The zero-order valence-corrected chi connectivity index (χ0v) is 12.8. The molecule has 0 aliphatic carbocycles. The molecule has 0 saturated carbocycles. The van der Waals surface area contributed by atoms with E-state index >= 15 is 0 Å². The number of carboxylic acids is 1. The summed E-state index contributed by atoms with van der Waals surface area (Å²) in [5.41, 5.74) is 0.909. The summed E-state index contributed by atoms with van der Waals surface area (Å²) < 4.78 is 1.94. The number of rotatable bonds is 5. The first kappa shape index (κ1) is 14.0. The molecule has 0 bridgehead atoms. The molecule has 0 aliphatic heterocycles. The second kappa shape index (κ2) is 5.45. The zero-order valence-electron chi connectivity index (χ0n) is 11.2. The highest BCUT2D eigenvalue weighted by atomic mass is 32.1. The minimum atomic E-state index is -0.889. The van der Waals surface area contributed by atoms with Gasteiger partial charge in [0.25, 0.3) is 5.91 Å². The molecule has 110 valence electrons. The van der Waals surface area contributed by atoms with E-state index in [1.807, 2.05) is 16.0 Å². The molecule has 0 aromatic carbocycles. The summed E-state index contributed by atoms with van der Waals surface area (Å²) in [4.78, 5) is 29.7. The van der Waals surface area contributed by atoms with Crippen LogP contribution in [0.5, 0.6) is 0 Å². The van der Waals surface area contributed by atoms with Gasteiger partial charge in [-0.1, -0.05) is 6.92 Å². The Kier molecular flexibility index (Phi) is 3.64. The van der Waals surface area contributed by atoms with E-state index in [0.717, 1.165) is 15.3 Å². The fourth-order valence-electron chi connectivity index (χ4n) is 2.07. The molecule has 2 N–H and O–H groups in total. The van der Waals surface area contributed by atoms with Crippen molar-refractivity contribution in [2.24, 2.45) is 5.92 Å². The lowest BCUT2D eigenvalue weighted by atomic mass is 10.1. The molecule has 1 unspecified atom stereocenters. The quantitative estimate of drug-likeness (QED) is 0.755. The highest BCUT2D eigenvalue weighted by molar-refractivity contribution is 7.21. The van der Waals surface area contributed by atoms with Crippen molar-refractivity contribution < 1.29 is 14.7 Å². The number of aromatic nitrogens is 2. The van der Waals surface area contributed by atoms with Gasteiger partial charge in [0.2, 0.25) is 0 Å². The number of carboxylic acid groups (broad SMARTS) is 1. The average Bonchev–Trinajstić information content (AvgIpc) is 3.09. The number of nitrogens with one attached hydrogen (secondary N) is 1. The standard InChI is InChI=1S/C13H13N3O3S2/c1-2-7(12(18)19)6-14-10(17)9-5-8-11(21-9)15-13-16(8)3-4-20-13/h3-5,7H,2,6H2,1H3,(H,14,17)(H,18,19). The molecule has 3 aromatic heterocycles. The Morgan fingerprint density at radius 3 is 3.05 bits per heavy atom. The van der Waals surface area contributed by atoms with Gasteiger partial charge in [0, 0.05) is 18.1 Å². The van der Waals surface area contributed by atoms with E-state index in [0.29, 0.717) is 11.3 Å². The molecular weight excluding hydrogens is 310 g/mol. The van der Waals surface area contributed by atoms with Gasteiger partial charge in [0.05, 0.1) is 16.3 Å². The summed E-state index contributed by atoms with van der Waals surface area (Å²) in [7, 11) is 0. The first-order valence-electron chi connectivity index (χ1n) is 6.46. The highest BCUT2D eigenvalue weighted by Gasteiger charge is 2.19. The number of amides is 1. The summed E-state index contributed by atoms with van der Waals surface area (Å²) >= 11 is 2.86. The van der Waals surface area contributed by atoms with Crippen LogP contribution in [-0.2, 0) is 4.79 Å². The zero-order chi connectivity index (χ0) is 15.0. The van der Waals surface area contributed by atoms with E-state index < -0.39 is 11.9 Å². The number of hydrogen-bond donors (Lipinski definition) is 2. The van der Waals surface area contributed by atoms with Crippen molar-refractivity contribution in [1.82, 2.24) is 14.7 Å². The fraction of sp³-hybridized carbons (Fsp3) is 0.308. The van der Waals surface area contributed by atoms with Crippen LogP contribution in [0.3, 0.4) is 0 Å². The Morgan fingerprint density at radius 1 is 1.52 bits per heavy atom. The van der Waals surface area contributed by atoms with Crippen LogP contribution in [-0.4, -0.2) is 32.9 Å². The predicted molar refractivity (Wildman–Crippen MR) is 82.2 cm³/mol. The van der Waals surface area contributed by atoms with Crippen molar-refractivity contribution in [3.63, 3.8) is 0 Å². The predicted octanol–water partition coefficient (Wildman–Crippen LogP) is 2.45. The number of nitrogens with zero attached hydrogens (tertiary/aromatic N) is 2. The Balaban J connectivity index is 1.78. The van der Waals surface area contributed by atoms with Crippen molar-refractivity contribution in [2.45, 2.75) is 13.3 Å². The van der Waals surface area contributed by atoms with Crippen LogP contribution >= 0.6 is 22.7 Å². The monoisotopic (exact) mass is 323 g/mol. The van der Waals surface area contributed by atoms with E-state index in [1.54, 1.807) is 24.3 Å². The minimum absolute atomic E-state index is 0.140. The van der Waals surface area contributed by atoms with Crippen molar-refractivity contribution in [2.75, 3.05) is 6.54 Å². The third-order valence-electron chi connectivity index (χ3n) is 3.31. The Bertz CT molecular complexity index is 817. The maximum absolute atomic E-state index is 12.1. The number of carbonyl (C=O) groups excluding carboxylic acids is 1. The number of hydrogen-bond acceptors (Lipinski definition) is 5. The molecule has 3 rings (SSSR count). The van der Waals surface area contributed by atoms with Gasteiger partial charge in [0.15, 0.2) is 4.96 Å². The number of fused-ring (bicyclic) bond motifs is 3. The summed E-state index contributed by atoms with van der Waals surface area (Å²) in [6.45, 7) is 1.93. The minimum Gasteiger partial charge on any atom is -0.481 e. The van der Waals surface area contributed by atoms with Gasteiger partial charge in [-0.3, -0.25) is 14.0 Å². The van der Waals surface area contributed by atoms with Crippen LogP contribution in [0.1, 0.15) is 23.0 Å². The maximum atomic E-state index is 12.1. The van der Waals surface area contributed by atoms with E-state index in [1.165, 1.54) is 11.3 Å². The van der Waals surface area contributed by atoms with Gasteiger partial charge in [-0.05, 0) is 12.5 Å². The van der Waals surface area contributed by atoms with Crippen LogP contribution < -0.4 is 5.32 Å². The second-order valence-corrected chi connectivity index (χ2v) is 6.53. The lowest BCUT2D eigenvalue weighted by Crippen LogP contribution is -2.32. The summed E-state index contributed by atoms with van der Waals surface area (Å²) in [6.07, 6.45) is 2.40. The van der Waals surface area contributed by atoms with E-state index in [4.69, 9.17) is 5.11 Å². The smallest absolute Gasteiger partial charge is 0.308 e. The molecular formula is C13H13N3O3S2. The van der Waals surface area contributed by atoms with Crippen LogP contribution in [0.25, 0.3) is 15.3 Å². The van der Waals surface area contributed by atoms with Crippen molar-refractivity contribution >= 4 is 49.9 Å². The first-order chi connectivity index (χ1) is 10.1. The molecule has 6 nitrogen and oxygen atoms in total. The van der Waals surface area contributed by atoms with E-state index in [9.17, 15) is 9.59 Å². The molecule has 21 heavy (non-hydrogen) atoms. The number of imidazole rings is 1. The van der Waals surface area contributed by atoms with Crippen molar-refractivity contribution in [3.8, 4) is 0 Å². The van der Waals surface area contributed by atoms with Gasteiger partial charge in [-0.2, -0.15) is 0 Å². The summed E-state index contributed by atoms with van der Waals surface area (Å²) in [5, 5.41) is 13.6. The van der Waals surface area contributed by atoms with Crippen LogP contribution in [0.15, 0.2) is 17.6 Å². The van der Waals surface area contributed by atoms with Gasteiger partial charge < -0.3 is 10.4 Å². The fourth-order valence-corrected chi connectivity index (χ4v) is 3.79. The molecule has 0 aliphatic rings. The summed E-state index contributed by atoms with van der Waals surface area (Å²) in [5.74, 6) is -1.69. The molecule has 0 radical (unpaired) electrons. The van der Waals surface area contributed by atoms with Gasteiger partial charge >= 0.3 is 5.97 Å². The normalized spacial score (nSPS) is 12.8. The third-order valence-corrected chi connectivity index (χ3v) is 5.09. The Labute approximate surface area is 128 Å². The van der Waals surface area contributed by atoms with Crippen molar-refractivity contribution in [3.05, 3.63) is 22.5 Å². The molecule has 1 amide bonds. The second-order valence-electron chi connectivity index (χ2n) is 4.62. The molecule has 3 aromatic rings. The van der Waals surface area contributed by atoms with Gasteiger partial charge in [-0.25, -0.2) is 4.98 Å². The van der Waals surface area contributed by atoms with Gasteiger partial charge in [-0.15, -0.1) is 22.7 Å². The number of aliphatic carboxylic acids is 1. The first-order valence-corrected chi connectivity index (χ1v) is 8.16. The SMILES string of the molecule is CCC(CNC(=O)c1cc2c(nc3sccn32)s1)C(=O)O. The van der Waals surface area contributed by atoms with Gasteiger partial charge in [0.1, 0.15) is 4.83 Å². The van der Waals surface area contributed by atoms with Crippen molar-refractivity contribution in [1.29, 1.82) is 0 Å². The highest BCUT2D eigenvalue weighted by Crippen LogP contribution is 2.28. The summed E-state index contributed by atoms with van der Waals surface area (Å²) in [6, 6.07) is 1.80. The number of thiazole rings is 1. The molecule has 8 heteroatoms. The lowest BCUT2D eigenvalue weighted by Gasteiger charge is -2.09. The largest absolute Gasteiger partial charge is 0.481 e.